The molecule has 2 aliphatic rings. The highest BCUT2D eigenvalue weighted by Crippen LogP contribution is 2.53. The Morgan fingerprint density at radius 2 is 1.70 bits per heavy atom. The first-order chi connectivity index (χ1) is 20.5. The van der Waals surface area contributed by atoms with Crippen molar-refractivity contribution in [3.05, 3.63) is 104 Å². The van der Waals surface area contributed by atoms with E-state index in [0.717, 1.165) is 0 Å². The van der Waals surface area contributed by atoms with Crippen LogP contribution in [0, 0.1) is 17.7 Å². The molecule has 0 aromatic heterocycles. The van der Waals surface area contributed by atoms with Crippen LogP contribution in [0.5, 0.6) is 0 Å². The smallest absolute Gasteiger partial charge is 0.308 e. The molecule has 0 saturated carbocycles. The summed E-state index contributed by atoms with van der Waals surface area (Å²) in [5.41, 5.74) is -2.21. The average molecular weight is 631 g/mol. The predicted octanol–water partition coefficient (Wildman–Crippen LogP) is 6.92. The molecule has 43 heavy (non-hydrogen) atoms. The number of hydrogen-bond acceptors (Lipinski definition) is 5. The Hall–Kier alpha value is -3.01. The standard InChI is InChI=1S/C33H34Cl2FNO6/c1-4-32(41,21-13-15-43-16-14-21)23-17-26-28(27(36)18-23)33(42-3,22-7-11-25(35)12-8-22)37(30(26)38)29(19(2)31(39)40)20-5-9-24(34)10-6-20/h5-12,17-19,21,29,41H,4,13-16H2,1-3H3,(H,39,40)/t19-,29-,32+,33+/m0/s1. The molecular weight excluding hydrogens is 596 g/mol. The predicted molar refractivity (Wildman–Crippen MR) is 161 cm³/mol. The van der Waals surface area contributed by atoms with Crippen molar-refractivity contribution < 1.29 is 33.7 Å². The Bertz CT molecular complexity index is 1510. The van der Waals surface area contributed by atoms with Gasteiger partial charge in [0.25, 0.3) is 5.91 Å². The van der Waals surface area contributed by atoms with Crippen LogP contribution in [-0.2, 0) is 25.6 Å². The second-order valence-electron chi connectivity index (χ2n) is 11.2. The molecule has 7 nitrogen and oxygen atoms in total. The number of ether oxygens (including phenoxy) is 2. The largest absolute Gasteiger partial charge is 0.481 e. The minimum atomic E-state index is -1.86. The molecule has 1 amide bonds. The van der Waals surface area contributed by atoms with Crippen molar-refractivity contribution >= 4 is 35.1 Å². The molecule has 3 aromatic carbocycles. The third-order valence-corrected chi connectivity index (χ3v) is 9.54. The van der Waals surface area contributed by atoms with Crippen LogP contribution < -0.4 is 0 Å². The molecule has 0 unspecified atom stereocenters. The van der Waals surface area contributed by atoms with E-state index in [1.54, 1.807) is 48.5 Å². The molecule has 1 fully saturated rings. The molecule has 0 spiro atoms. The van der Waals surface area contributed by atoms with E-state index in [9.17, 15) is 19.8 Å². The number of methoxy groups -OCH3 is 1. The van der Waals surface area contributed by atoms with Gasteiger partial charge in [0.05, 0.1) is 28.7 Å². The van der Waals surface area contributed by atoms with Gasteiger partial charge in [0.15, 0.2) is 5.72 Å². The van der Waals surface area contributed by atoms with Crippen molar-refractivity contribution in [2.45, 2.75) is 50.5 Å². The van der Waals surface area contributed by atoms with Gasteiger partial charge in [-0.05, 0) is 79.6 Å². The van der Waals surface area contributed by atoms with E-state index in [1.165, 1.54) is 31.1 Å². The number of hydrogen-bond donors (Lipinski definition) is 2. The first-order valence-electron chi connectivity index (χ1n) is 14.3. The van der Waals surface area contributed by atoms with Crippen LogP contribution in [0.1, 0.15) is 71.8 Å². The van der Waals surface area contributed by atoms with Crippen LogP contribution in [-0.4, -0.2) is 47.3 Å². The van der Waals surface area contributed by atoms with Crippen LogP contribution >= 0.6 is 23.2 Å². The lowest BCUT2D eigenvalue weighted by Crippen LogP contribution is -2.51. The zero-order chi connectivity index (χ0) is 31.1. The number of rotatable bonds is 9. The van der Waals surface area contributed by atoms with Gasteiger partial charge in [-0.15, -0.1) is 0 Å². The fraction of sp³-hybridized carbons (Fsp3) is 0.394. The Balaban J connectivity index is 1.79. The number of carboxylic acids is 1. The molecule has 5 rings (SSSR count). The number of halogens is 3. The normalized spacial score (nSPS) is 21.7. The Morgan fingerprint density at radius 1 is 1.12 bits per heavy atom. The van der Waals surface area contributed by atoms with E-state index in [2.05, 4.69) is 0 Å². The van der Waals surface area contributed by atoms with Crippen LogP contribution in [0.4, 0.5) is 4.39 Å². The van der Waals surface area contributed by atoms with Gasteiger partial charge in [0, 0.05) is 35.9 Å². The van der Waals surface area contributed by atoms with E-state index in [0.29, 0.717) is 53.6 Å². The fourth-order valence-corrected chi connectivity index (χ4v) is 6.97. The lowest BCUT2D eigenvalue weighted by atomic mass is 9.74. The molecule has 1 saturated heterocycles. The lowest BCUT2D eigenvalue weighted by Gasteiger charge is -2.44. The molecule has 10 heteroatoms. The van der Waals surface area contributed by atoms with Gasteiger partial charge >= 0.3 is 5.97 Å². The van der Waals surface area contributed by atoms with E-state index >= 15 is 4.39 Å². The average Bonchev–Trinajstić information content (AvgIpc) is 3.27. The second kappa shape index (κ2) is 12.2. The number of amides is 1. The highest BCUT2D eigenvalue weighted by molar-refractivity contribution is 6.30. The number of carbonyl (C=O) groups is 2. The fourth-order valence-electron chi connectivity index (χ4n) is 6.72. The number of benzene rings is 3. The number of aliphatic hydroxyl groups is 1. The number of aliphatic carboxylic acids is 1. The summed E-state index contributed by atoms with van der Waals surface area (Å²) >= 11 is 12.4. The van der Waals surface area contributed by atoms with Gasteiger partial charge in [-0.3, -0.25) is 14.5 Å². The van der Waals surface area contributed by atoms with E-state index in [1.807, 2.05) is 6.92 Å². The minimum Gasteiger partial charge on any atom is -0.481 e. The molecule has 2 aliphatic heterocycles. The van der Waals surface area contributed by atoms with Crippen molar-refractivity contribution in [1.82, 2.24) is 4.90 Å². The lowest BCUT2D eigenvalue weighted by molar-refractivity contribution is -0.149. The van der Waals surface area contributed by atoms with Gasteiger partial charge in [-0.1, -0.05) is 54.4 Å². The Labute approximate surface area is 260 Å². The van der Waals surface area contributed by atoms with Crippen LogP contribution in [0.2, 0.25) is 10.0 Å². The number of carbonyl (C=O) groups excluding carboxylic acids is 1. The van der Waals surface area contributed by atoms with Gasteiger partial charge in [-0.25, -0.2) is 4.39 Å². The number of carboxylic acid groups (broad SMARTS) is 1. The molecule has 0 radical (unpaired) electrons. The minimum absolute atomic E-state index is 0.0118. The van der Waals surface area contributed by atoms with Gasteiger partial charge < -0.3 is 19.7 Å². The summed E-state index contributed by atoms with van der Waals surface area (Å²) < 4.78 is 28.4. The molecular formula is C33H34Cl2FNO6. The highest BCUT2D eigenvalue weighted by Gasteiger charge is 2.58. The van der Waals surface area contributed by atoms with Crippen LogP contribution in [0.25, 0.3) is 0 Å². The first kappa shape index (κ1) is 31.4. The molecule has 3 aromatic rings. The van der Waals surface area contributed by atoms with E-state index in [-0.39, 0.29) is 22.6 Å². The monoisotopic (exact) mass is 629 g/mol. The van der Waals surface area contributed by atoms with Crippen LogP contribution in [0.15, 0.2) is 60.7 Å². The van der Waals surface area contributed by atoms with Gasteiger partial charge in [0.2, 0.25) is 0 Å². The van der Waals surface area contributed by atoms with Crippen molar-refractivity contribution in [3.63, 3.8) is 0 Å². The molecule has 2 N–H and O–H groups in total. The number of fused-ring (bicyclic) bond motifs is 1. The topological polar surface area (TPSA) is 96.3 Å². The van der Waals surface area contributed by atoms with Crippen molar-refractivity contribution in [2.75, 3.05) is 20.3 Å². The third kappa shape index (κ3) is 5.23. The summed E-state index contributed by atoms with van der Waals surface area (Å²) in [6, 6.07) is 14.7. The molecule has 4 atom stereocenters. The van der Waals surface area contributed by atoms with Crippen LogP contribution in [0.3, 0.4) is 0 Å². The Morgan fingerprint density at radius 3 is 2.23 bits per heavy atom. The van der Waals surface area contributed by atoms with Crippen molar-refractivity contribution in [3.8, 4) is 0 Å². The maximum Gasteiger partial charge on any atom is 0.308 e. The van der Waals surface area contributed by atoms with Gasteiger partial charge in [0.1, 0.15) is 5.82 Å². The molecule has 0 aliphatic carbocycles. The van der Waals surface area contributed by atoms with E-state index in [4.69, 9.17) is 32.7 Å². The quantitative estimate of drug-likeness (QED) is 0.267. The summed E-state index contributed by atoms with van der Waals surface area (Å²) in [4.78, 5) is 28.5. The summed E-state index contributed by atoms with van der Waals surface area (Å²) in [7, 11) is 1.35. The molecule has 228 valence electrons. The Kier molecular flexibility index (Phi) is 8.89. The highest BCUT2D eigenvalue weighted by atomic mass is 35.5. The maximum atomic E-state index is 16.7. The first-order valence-corrected chi connectivity index (χ1v) is 15.0. The number of nitrogens with zero attached hydrogens (tertiary/aromatic N) is 1. The summed E-state index contributed by atoms with van der Waals surface area (Å²) in [5.74, 6) is -3.89. The molecule has 0 bridgehead atoms. The van der Waals surface area contributed by atoms with Gasteiger partial charge in [-0.2, -0.15) is 0 Å². The van der Waals surface area contributed by atoms with E-state index < -0.39 is 41.0 Å². The maximum absolute atomic E-state index is 16.7. The summed E-state index contributed by atoms with van der Waals surface area (Å²) in [6.45, 7) is 4.27. The zero-order valence-electron chi connectivity index (χ0n) is 24.1. The zero-order valence-corrected chi connectivity index (χ0v) is 25.7. The molecule has 2 heterocycles. The summed E-state index contributed by atoms with van der Waals surface area (Å²) in [5, 5.41) is 23.0. The summed E-state index contributed by atoms with van der Waals surface area (Å²) in [6.07, 6.45) is 1.47. The third-order valence-electron chi connectivity index (χ3n) is 9.04. The second-order valence-corrected chi connectivity index (χ2v) is 12.1. The van der Waals surface area contributed by atoms with Crippen molar-refractivity contribution in [2.24, 2.45) is 11.8 Å². The van der Waals surface area contributed by atoms with Crippen molar-refractivity contribution in [1.29, 1.82) is 0 Å². The SMILES string of the molecule is CC[C@](O)(c1cc(F)c2c(c1)C(=O)N([C@H](c1ccc(Cl)cc1)[C@H](C)C(=O)O)[C@@]2(OC)c1ccc(Cl)cc1)C1CCOCC1.